The van der Waals surface area contributed by atoms with E-state index in [1.54, 1.807) is 6.08 Å². The van der Waals surface area contributed by atoms with Crippen LogP contribution in [0.1, 0.15) is 135 Å². The van der Waals surface area contributed by atoms with Gasteiger partial charge < -0.3 is 31.5 Å². The second-order valence-corrected chi connectivity index (χ2v) is 13.9. The SMILES string of the molecule is CCCCCCCCCCCCCC=CC(O)C(CO)NC(=O)CCCCCNC(=O)CCCCC1SCC2NC(=O)NC21. The molecule has 0 aromatic heterocycles. The molecule has 6 N–H and O–H groups in total. The molecule has 0 aromatic rings. The molecule has 44 heavy (non-hydrogen) atoms. The molecule has 4 amide bonds. The Morgan fingerprint density at radius 3 is 2.23 bits per heavy atom. The smallest absolute Gasteiger partial charge is 0.315 e. The molecule has 5 unspecified atom stereocenters. The molecule has 0 saturated carbocycles. The van der Waals surface area contributed by atoms with Crippen LogP contribution in [0.2, 0.25) is 0 Å². The van der Waals surface area contributed by atoms with Crippen LogP contribution in [0.3, 0.4) is 0 Å². The Kier molecular flexibility index (Phi) is 21.3. The molecule has 254 valence electrons. The molecule has 5 atom stereocenters. The van der Waals surface area contributed by atoms with Crippen LogP contribution in [0.5, 0.6) is 0 Å². The number of hydrogen-bond acceptors (Lipinski definition) is 6. The fraction of sp³-hybridized carbons (Fsp3) is 0.853. The van der Waals surface area contributed by atoms with E-state index in [1.807, 2.05) is 17.8 Å². The zero-order valence-corrected chi connectivity index (χ0v) is 28.1. The predicted molar refractivity (Wildman–Crippen MR) is 181 cm³/mol. The van der Waals surface area contributed by atoms with Gasteiger partial charge in [-0.3, -0.25) is 9.59 Å². The second-order valence-electron chi connectivity index (χ2n) is 12.6. The van der Waals surface area contributed by atoms with Gasteiger partial charge in [-0.15, -0.1) is 0 Å². The van der Waals surface area contributed by atoms with E-state index < -0.39 is 12.1 Å². The number of rotatable bonds is 27. The molecular weight excluding hydrogens is 576 g/mol. The van der Waals surface area contributed by atoms with Gasteiger partial charge in [-0.05, 0) is 38.5 Å². The second kappa shape index (κ2) is 24.5. The zero-order valence-electron chi connectivity index (χ0n) is 27.3. The third-order valence-electron chi connectivity index (χ3n) is 8.75. The van der Waals surface area contributed by atoms with E-state index in [1.165, 1.54) is 64.2 Å². The molecule has 0 aliphatic carbocycles. The van der Waals surface area contributed by atoms with Crippen molar-refractivity contribution in [2.75, 3.05) is 18.9 Å². The maximum Gasteiger partial charge on any atom is 0.315 e. The number of thioether (sulfide) groups is 1. The summed E-state index contributed by atoms with van der Waals surface area (Å²) in [6, 6.07) is -0.303. The van der Waals surface area contributed by atoms with Gasteiger partial charge in [-0.1, -0.05) is 96.1 Å². The minimum absolute atomic E-state index is 0.0619. The summed E-state index contributed by atoms with van der Waals surface area (Å²) in [6.07, 6.45) is 24.0. The van der Waals surface area contributed by atoms with Crippen molar-refractivity contribution in [1.29, 1.82) is 0 Å². The van der Waals surface area contributed by atoms with Crippen molar-refractivity contribution >= 4 is 29.6 Å². The standard InChI is InChI=1S/C34H62N4O5S/c1-2-3-4-5-6-7-8-9-10-11-12-13-15-20-29(40)27(25-39)36-32(42)23-16-14-19-24-35-31(41)22-18-17-21-30-33-28(26-44-30)37-34(43)38-33/h15,20,27-30,33,39-40H,2-14,16-19,21-26H2,1H3,(H,35,41)(H,36,42)(H2,37,38,43). The normalized spacial score (nSPS) is 20.7. The zero-order chi connectivity index (χ0) is 31.8. The largest absolute Gasteiger partial charge is 0.394 e. The van der Waals surface area contributed by atoms with E-state index in [0.29, 0.717) is 31.1 Å². The van der Waals surface area contributed by atoms with Gasteiger partial charge in [0.2, 0.25) is 11.8 Å². The summed E-state index contributed by atoms with van der Waals surface area (Å²) in [5.41, 5.74) is 0. The van der Waals surface area contributed by atoms with Crippen molar-refractivity contribution in [2.45, 2.75) is 165 Å². The first-order valence-electron chi connectivity index (χ1n) is 17.6. The summed E-state index contributed by atoms with van der Waals surface area (Å²) < 4.78 is 0. The lowest BCUT2D eigenvalue weighted by Gasteiger charge is -2.20. The lowest BCUT2D eigenvalue weighted by Crippen LogP contribution is -2.45. The number of aliphatic hydroxyl groups is 2. The molecule has 0 bridgehead atoms. The Morgan fingerprint density at radius 2 is 1.52 bits per heavy atom. The molecule has 0 spiro atoms. The maximum absolute atomic E-state index is 12.3. The van der Waals surface area contributed by atoms with Crippen LogP contribution in [0.25, 0.3) is 0 Å². The van der Waals surface area contributed by atoms with Crippen LogP contribution >= 0.6 is 11.8 Å². The Morgan fingerprint density at radius 1 is 0.886 bits per heavy atom. The van der Waals surface area contributed by atoms with Crippen LogP contribution in [-0.2, 0) is 9.59 Å². The summed E-state index contributed by atoms with van der Waals surface area (Å²) in [4.78, 5) is 35.9. The van der Waals surface area contributed by atoms with Gasteiger partial charge in [0.25, 0.3) is 0 Å². The first-order chi connectivity index (χ1) is 21.4. The van der Waals surface area contributed by atoms with Gasteiger partial charge in [0, 0.05) is 30.4 Å². The summed E-state index contributed by atoms with van der Waals surface area (Å²) in [7, 11) is 0. The van der Waals surface area contributed by atoms with Crippen LogP contribution in [0.15, 0.2) is 12.2 Å². The average molecular weight is 639 g/mol. The van der Waals surface area contributed by atoms with Crippen molar-refractivity contribution in [3.63, 3.8) is 0 Å². The van der Waals surface area contributed by atoms with Crippen LogP contribution in [0.4, 0.5) is 4.79 Å². The number of carbonyl (C=O) groups excluding carboxylic acids is 3. The molecule has 0 radical (unpaired) electrons. The fourth-order valence-electron chi connectivity index (χ4n) is 5.99. The molecule has 2 aliphatic rings. The molecule has 10 heteroatoms. The van der Waals surface area contributed by atoms with Crippen LogP contribution < -0.4 is 21.3 Å². The minimum Gasteiger partial charge on any atom is -0.394 e. The van der Waals surface area contributed by atoms with Gasteiger partial charge in [0.15, 0.2) is 0 Å². The Hall–Kier alpha value is -1.78. The van der Waals surface area contributed by atoms with E-state index in [9.17, 15) is 24.6 Å². The fourth-order valence-corrected chi connectivity index (χ4v) is 7.54. The number of aliphatic hydroxyl groups excluding tert-OH is 2. The third kappa shape index (κ3) is 17.1. The minimum atomic E-state index is -0.902. The van der Waals surface area contributed by atoms with E-state index in [0.717, 1.165) is 50.7 Å². The summed E-state index contributed by atoms with van der Waals surface area (Å²) in [5, 5.41) is 32.1. The van der Waals surface area contributed by atoms with Crippen molar-refractivity contribution < 1.29 is 24.6 Å². The molecule has 9 nitrogen and oxygen atoms in total. The monoisotopic (exact) mass is 638 g/mol. The summed E-state index contributed by atoms with van der Waals surface area (Å²) in [6.45, 7) is 2.54. The molecular formula is C34H62N4O5S. The highest BCUT2D eigenvalue weighted by atomic mass is 32.2. The Bertz CT molecular complexity index is 829. The average Bonchev–Trinajstić information content (AvgIpc) is 3.57. The number of urea groups is 1. The van der Waals surface area contributed by atoms with Crippen molar-refractivity contribution in [3.05, 3.63) is 12.2 Å². The predicted octanol–water partition coefficient (Wildman–Crippen LogP) is 5.48. The van der Waals surface area contributed by atoms with E-state index in [-0.39, 0.29) is 36.5 Å². The van der Waals surface area contributed by atoms with E-state index in [2.05, 4.69) is 28.2 Å². The summed E-state index contributed by atoms with van der Waals surface area (Å²) >= 11 is 1.90. The van der Waals surface area contributed by atoms with Crippen LogP contribution in [0, 0.1) is 0 Å². The first-order valence-corrected chi connectivity index (χ1v) is 18.7. The Labute approximate surface area is 270 Å². The molecule has 2 saturated heterocycles. The molecule has 2 heterocycles. The number of hydrogen-bond donors (Lipinski definition) is 6. The van der Waals surface area contributed by atoms with Gasteiger partial charge in [0.05, 0.1) is 30.8 Å². The summed E-state index contributed by atoms with van der Waals surface area (Å²) in [5.74, 6) is 0.842. The molecule has 0 aromatic carbocycles. The number of nitrogens with one attached hydrogen (secondary N) is 4. The number of unbranched alkanes of at least 4 members (excludes halogenated alkanes) is 14. The maximum atomic E-state index is 12.3. The van der Waals surface area contributed by atoms with Gasteiger partial charge in [-0.25, -0.2) is 4.79 Å². The van der Waals surface area contributed by atoms with Gasteiger partial charge in [0.1, 0.15) is 0 Å². The van der Waals surface area contributed by atoms with Gasteiger partial charge in [-0.2, -0.15) is 11.8 Å². The van der Waals surface area contributed by atoms with Crippen molar-refractivity contribution in [1.82, 2.24) is 21.3 Å². The van der Waals surface area contributed by atoms with Crippen molar-refractivity contribution in [3.8, 4) is 0 Å². The van der Waals surface area contributed by atoms with E-state index in [4.69, 9.17) is 0 Å². The highest BCUT2D eigenvalue weighted by Crippen LogP contribution is 2.33. The molecule has 2 rings (SSSR count). The number of fused-ring (bicyclic) bond motifs is 1. The highest BCUT2D eigenvalue weighted by molar-refractivity contribution is 8.00. The highest BCUT2D eigenvalue weighted by Gasteiger charge is 2.42. The molecule has 2 fully saturated rings. The van der Waals surface area contributed by atoms with Crippen LogP contribution in [-0.4, -0.2) is 76.4 Å². The lowest BCUT2D eigenvalue weighted by molar-refractivity contribution is -0.123. The Balaban J connectivity index is 1.40. The number of allylic oxidation sites excluding steroid dienone is 1. The third-order valence-corrected chi connectivity index (χ3v) is 10.3. The van der Waals surface area contributed by atoms with Gasteiger partial charge >= 0.3 is 6.03 Å². The van der Waals surface area contributed by atoms with E-state index >= 15 is 0 Å². The quantitative estimate of drug-likeness (QED) is 0.0400. The topological polar surface area (TPSA) is 140 Å². The number of carbonyl (C=O) groups is 3. The lowest BCUT2D eigenvalue weighted by atomic mass is 10.0. The van der Waals surface area contributed by atoms with Crippen molar-refractivity contribution in [2.24, 2.45) is 0 Å². The molecule has 2 aliphatic heterocycles. The first kappa shape index (κ1) is 38.4. The number of amides is 4.